The first kappa shape index (κ1) is 12.7. The van der Waals surface area contributed by atoms with Gasteiger partial charge < -0.3 is 0 Å². The smallest absolute Gasteiger partial charge is 0.169 e. The van der Waals surface area contributed by atoms with Crippen LogP contribution < -0.4 is 0 Å². The molecular weight excluding hydrogens is 198 g/mol. The average Bonchev–Trinajstić information content (AvgIpc) is 2.34. The molecule has 0 N–H and O–H groups in total. The first-order valence-electron chi connectivity index (χ1n) is 5.74. The number of hydrogen-bond acceptors (Lipinski definition) is 2. The molecule has 16 heavy (non-hydrogen) atoms. The number of ketones is 1. The molecule has 0 spiro atoms. The van der Waals surface area contributed by atoms with Crippen LogP contribution in [0.4, 0.5) is 0 Å². The lowest BCUT2D eigenvalue weighted by atomic mass is 10.2. The quantitative estimate of drug-likeness (QED) is 0.683. The molecule has 0 atom stereocenters. The van der Waals surface area contributed by atoms with Gasteiger partial charge in [0.15, 0.2) is 5.78 Å². The van der Waals surface area contributed by atoms with E-state index in [4.69, 9.17) is 0 Å². The molecule has 0 saturated carbocycles. The minimum Gasteiger partial charge on any atom is -0.296 e. The van der Waals surface area contributed by atoms with Gasteiger partial charge in [-0.2, -0.15) is 0 Å². The van der Waals surface area contributed by atoms with Crippen molar-refractivity contribution in [1.29, 1.82) is 0 Å². The Kier molecular flexibility index (Phi) is 5.51. The number of rotatable bonds is 6. The molecule has 1 rings (SSSR count). The van der Waals surface area contributed by atoms with E-state index in [-0.39, 0.29) is 5.78 Å². The van der Waals surface area contributed by atoms with Crippen molar-refractivity contribution in [3.05, 3.63) is 42.0 Å². The monoisotopic (exact) mass is 217 g/mol. The summed E-state index contributed by atoms with van der Waals surface area (Å²) in [4.78, 5) is 13.7. The fourth-order valence-electron chi connectivity index (χ4n) is 1.47. The van der Waals surface area contributed by atoms with Crippen LogP contribution in [0.25, 0.3) is 6.08 Å². The lowest BCUT2D eigenvalue weighted by Crippen LogP contribution is -2.28. The summed E-state index contributed by atoms with van der Waals surface area (Å²) in [5.41, 5.74) is 1.07. The van der Waals surface area contributed by atoms with Gasteiger partial charge in [-0.25, -0.2) is 0 Å². The third-order valence-corrected chi connectivity index (χ3v) is 2.54. The first-order valence-corrected chi connectivity index (χ1v) is 5.74. The van der Waals surface area contributed by atoms with Gasteiger partial charge in [-0.3, -0.25) is 9.69 Å². The minimum atomic E-state index is 0.160. The summed E-state index contributed by atoms with van der Waals surface area (Å²) in [6.45, 7) is 6.48. The highest BCUT2D eigenvalue weighted by atomic mass is 16.1. The minimum absolute atomic E-state index is 0.160. The standard InChI is InChI=1S/C14H19NO/c1-3-15(4-2)12-14(16)11-10-13-8-6-5-7-9-13/h5-11H,3-4,12H2,1-2H3. The predicted molar refractivity (Wildman–Crippen MR) is 68.3 cm³/mol. The number of carbonyl (C=O) groups is 1. The highest BCUT2D eigenvalue weighted by molar-refractivity contribution is 5.95. The molecule has 0 heterocycles. The molecule has 86 valence electrons. The van der Waals surface area contributed by atoms with Crippen molar-refractivity contribution in [2.75, 3.05) is 19.6 Å². The Bertz CT molecular complexity index is 339. The summed E-state index contributed by atoms with van der Waals surface area (Å²) in [7, 11) is 0. The van der Waals surface area contributed by atoms with Crippen molar-refractivity contribution in [3.63, 3.8) is 0 Å². The maximum Gasteiger partial charge on any atom is 0.169 e. The normalized spacial score (nSPS) is 11.2. The zero-order valence-electron chi connectivity index (χ0n) is 10.0. The summed E-state index contributed by atoms with van der Waals surface area (Å²) in [6.07, 6.45) is 3.53. The molecule has 0 fully saturated rings. The third-order valence-electron chi connectivity index (χ3n) is 2.54. The van der Waals surface area contributed by atoms with Gasteiger partial charge in [0, 0.05) is 0 Å². The maximum absolute atomic E-state index is 11.6. The maximum atomic E-state index is 11.6. The number of hydrogen-bond donors (Lipinski definition) is 0. The zero-order valence-corrected chi connectivity index (χ0v) is 10.0. The van der Waals surface area contributed by atoms with E-state index in [0.717, 1.165) is 18.7 Å². The highest BCUT2D eigenvalue weighted by Gasteiger charge is 2.03. The molecule has 0 aromatic heterocycles. The van der Waals surface area contributed by atoms with Crippen LogP contribution in [-0.4, -0.2) is 30.3 Å². The molecular formula is C14H19NO. The van der Waals surface area contributed by atoms with Gasteiger partial charge in [-0.1, -0.05) is 50.3 Å². The molecule has 1 aromatic rings. The van der Waals surface area contributed by atoms with Crippen LogP contribution in [0.15, 0.2) is 36.4 Å². The Morgan fingerprint density at radius 3 is 2.38 bits per heavy atom. The van der Waals surface area contributed by atoms with Gasteiger partial charge in [0.25, 0.3) is 0 Å². The van der Waals surface area contributed by atoms with E-state index in [1.807, 2.05) is 36.4 Å². The first-order chi connectivity index (χ1) is 7.76. The van der Waals surface area contributed by atoms with Crippen LogP contribution in [0.3, 0.4) is 0 Å². The molecule has 0 aliphatic carbocycles. The Labute approximate surface area is 97.6 Å². The van der Waals surface area contributed by atoms with Crippen molar-refractivity contribution in [2.45, 2.75) is 13.8 Å². The van der Waals surface area contributed by atoms with E-state index in [1.54, 1.807) is 6.08 Å². The largest absolute Gasteiger partial charge is 0.296 e. The Morgan fingerprint density at radius 1 is 1.19 bits per heavy atom. The second kappa shape index (κ2) is 6.96. The fourth-order valence-corrected chi connectivity index (χ4v) is 1.47. The molecule has 0 amide bonds. The Balaban J connectivity index is 2.48. The van der Waals surface area contributed by atoms with Crippen molar-refractivity contribution < 1.29 is 4.79 Å². The van der Waals surface area contributed by atoms with Crippen LogP contribution in [0, 0.1) is 0 Å². The third kappa shape index (κ3) is 4.41. The van der Waals surface area contributed by atoms with Crippen LogP contribution in [0.5, 0.6) is 0 Å². The van der Waals surface area contributed by atoms with Gasteiger partial charge in [-0.05, 0) is 24.7 Å². The average molecular weight is 217 g/mol. The summed E-state index contributed by atoms with van der Waals surface area (Å²) < 4.78 is 0. The van der Waals surface area contributed by atoms with Gasteiger partial charge in [0.1, 0.15) is 0 Å². The molecule has 0 aliphatic rings. The molecule has 2 nitrogen and oxygen atoms in total. The molecule has 0 radical (unpaired) electrons. The van der Waals surface area contributed by atoms with Crippen LogP contribution >= 0.6 is 0 Å². The molecule has 0 unspecified atom stereocenters. The summed E-state index contributed by atoms with van der Waals surface area (Å²) in [5.74, 6) is 0.160. The lowest BCUT2D eigenvalue weighted by Gasteiger charge is -2.15. The van der Waals surface area contributed by atoms with Gasteiger partial charge in [-0.15, -0.1) is 0 Å². The molecule has 0 saturated heterocycles. The number of likely N-dealkylation sites (N-methyl/N-ethyl adjacent to an activating group) is 1. The van der Waals surface area contributed by atoms with E-state index in [0.29, 0.717) is 6.54 Å². The summed E-state index contributed by atoms with van der Waals surface area (Å²) in [5, 5.41) is 0. The SMILES string of the molecule is CCN(CC)CC(=O)C=Cc1ccccc1. The van der Waals surface area contributed by atoms with Crippen molar-refractivity contribution in [1.82, 2.24) is 4.90 Å². The second-order valence-corrected chi connectivity index (χ2v) is 3.67. The van der Waals surface area contributed by atoms with Crippen LogP contribution in [0.2, 0.25) is 0 Å². The van der Waals surface area contributed by atoms with Gasteiger partial charge in [0.05, 0.1) is 6.54 Å². The predicted octanol–water partition coefficient (Wildman–Crippen LogP) is 2.61. The number of benzene rings is 1. The Hall–Kier alpha value is -1.41. The van der Waals surface area contributed by atoms with E-state index >= 15 is 0 Å². The van der Waals surface area contributed by atoms with Crippen LogP contribution in [0.1, 0.15) is 19.4 Å². The van der Waals surface area contributed by atoms with Gasteiger partial charge in [0.2, 0.25) is 0 Å². The lowest BCUT2D eigenvalue weighted by molar-refractivity contribution is -0.115. The van der Waals surface area contributed by atoms with Crippen LogP contribution in [-0.2, 0) is 4.79 Å². The molecule has 2 heteroatoms. The number of carbonyl (C=O) groups excluding carboxylic acids is 1. The molecule has 1 aromatic carbocycles. The zero-order chi connectivity index (χ0) is 11.8. The number of nitrogens with zero attached hydrogens (tertiary/aromatic N) is 1. The van der Waals surface area contributed by atoms with Crippen molar-refractivity contribution in [3.8, 4) is 0 Å². The summed E-state index contributed by atoms with van der Waals surface area (Å²) >= 11 is 0. The molecule has 0 aliphatic heterocycles. The topological polar surface area (TPSA) is 20.3 Å². The van der Waals surface area contributed by atoms with Crippen molar-refractivity contribution in [2.24, 2.45) is 0 Å². The Morgan fingerprint density at radius 2 is 1.81 bits per heavy atom. The van der Waals surface area contributed by atoms with Gasteiger partial charge >= 0.3 is 0 Å². The second-order valence-electron chi connectivity index (χ2n) is 3.67. The molecule has 0 bridgehead atoms. The van der Waals surface area contributed by atoms with Crippen molar-refractivity contribution >= 4 is 11.9 Å². The fraction of sp³-hybridized carbons (Fsp3) is 0.357. The van der Waals surface area contributed by atoms with E-state index < -0.39 is 0 Å². The van der Waals surface area contributed by atoms with E-state index in [1.165, 1.54) is 0 Å². The van der Waals surface area contributed by atoms with E-state index in [9.17, 15) is 4.79 Å². The highest BCUT2D eigenvalue weighted by Crippen LogP contribution is 2.01. The van der Waals surface area contributed by atoms with E-state index in [2.05, 4.69) is 18.7 Å². The summed E-state index contributed by atoms with van der Waals surface area (Å²) in [6, 6.07) is 9.88.